The standard InChI is InChI=1S/C17H25NO2/c1-13(2)18(9-4-10-19)17(20)12-14-7-8-15-5-3-6-16(15)11-14/h7-8,11,13,19H,3-6,9-10,12H2,1-2H3. The minimum Gasteiger partial charge on any atom is -0.396 e. The summed E-state index contributed by atoms with van der Waals surface area (Å²) in [6.45, 7) is 4.82. The van der Waals surface area contributed by atoms with Gasteiger partial charge in [-0.05, 0) is 56.2 Å². The molecule has 0 aliphatic heterocycles. The maximum Gasteiger partial charge on any atom is 0.227 e. The van der Waals surface area contributed by atoms with E-state index in [4.69, 9.17) is 5.11 Å². The van der Waals surface area contributed by atoms with Crippen molar-refractivity contribution in [2.75, 3.05) is 13.2 Å². The molecule has 1 amide bonds. The second-order valence-electron chi connectivity index (χ2n) is 5.89. The Balaban J connectivity index is 2.02. The Bertz CT molecular complexity index is 468. The van der Waals surface area contributed by atoms with Gasteiger partial charge in [0.15, 0.2) is 0 Å². The van der Waals surface area contributed by atoms with Crippen LogP contribution in [0.5, 0.6) is 0 Å². The molecule has 3 nitrogen and oxygen atoms in total. The van der Waals surface area contributed by atoms with Crippen molar-refractivity contribution < 1.29 is 9.90 Å². The van der Waals surface area contributed by atoms with E-state index in [2.05, 4.69) is 18.2 Å². The number of rotatable bonds is 6. The highest BCUT2D eigenvalue weighted by Crippen LogP contribution is 2.23. The predicted octanol–water partition coefficient (Wildman–Crippen LogP) is 2.34. The van der Waals surface area contributed by atoms with Gasteiger partial charge < -0.3 is 10.0 Å². The van der Waals surface area contributed by atoms with Gasteiger partial charge in [-0.3, -0.25) is 4.79 Å². The van der Waals surface area contributed by atoms with Crippen molar-refractivity contribution in [1.29, 1.82) is 0 Å². The maximum absolute atomic E-state index is 12.4. The summed E-state index contributed by atoms with van der Waals surface area (Å²) in [7, 11) is 0. The molecule has 0 radical (unpaired) electrons. The Kier molecular flexibility index (Phi) is 5.18. The lowest BCUT2D eigenvalue weighted by Gasteiger charge is -2.26. The third-order valence-electron chi connectivity index (χ3n) is 4.02. The van der Waals surface area contributed by atoms with Crippen LogP contribution in [0.2, 0.25) is 0 Å². The zero-order chi connectivity index (χ0) is 14.5. The molecule has 0 heterocycles. The second-order valence-corrected chi connectivity index (χ2v) is 5.89. The second kappa shape index (κ2) is 6.89. The van der Waals surface area contributed by atoms with Gasteiger partial charge in [0.1, 0.15) is 0 Å². The number of hydrogen-bond donors (Lipinski definition) is 1. The van der Waals surface area contributed by atoms with E-state index >= 15 is 0 Å². The molecule has 0 saturated carbocycles. The molecule has 0 aromatic heterocycles. The molecule has 1 aliphatic carbocycles. The summed E-state index contributed by atoms with van der Waals surface area (Å²) in [6, 6.07) is 6.65. The predicted molar refractivity (Wildman–Crippen MR) is 80.7 cm³/mol. The highest BCUT2D eigenvalue weighted by Gasteiger charge is 2.18. The summed E-state index contributed by atoms with van der Waals surface area (Å²) >= 11 is 0. The van der Waals surface area contributed by atoms with Gasteiger partial charge in [-0.2, -0.15) is 0 Å². The lowest BCUT2D eigenvalue weighted by molar-refractivity contribution is -0.132. The SMILES string of the molecule is CC(C)N(CCCO)C(=O)Cc1ccc2c(c1)CCC2. The lowest BCUT2D eigenvalue weighted by atomic mass is 10.0. The normalized spacial score (nSPS) is 13.6. The van der Waals surface area contributed by atoms with E-state index in [1.54, 1.807) is 0 Å². The highest BCUT2D eigenvalue weighted by atomic mass is 16.3. The van der Waals surface area contributed by atoms with Crippen molar-refractivity contribution in [2.45, 2.75) is 52.0 Å². The zero-order valence-electron chi connectivity index (χ0n) is 12.6. The molecule has 0 spiro atoms. The van der Waals surface area contributed by atoms with E-state index in [1.165, 1.54) is 24.0 Å². The topological polar surface area (TPSA) is 40.5 Å². The van der Waals surface area contributed by atoms with Crippen molar-refractivity contribution in [2.24, 2.45) is 0 Å². The Labute approximate surface area is 121 Å². The van der Waals surface area contributed by atoms with Gasteiger partial charge in [-0.1, -0.05) is 18.2 Å². The number of benzene rings is 1. The minimum absolute atomic E-state index is 0.134. The number of aliphatic hydroxyl groups excluding tert-OH is 1. The molecule has 20 heavy (non-hydrogen) atoms. The molecule has 1 aliphatic rings. The van der Waals surface area contributed by atoms with E-state index in [1.807, 2.05) is 18.7 Å². The summed E-state index contributed by atoms with van der Waals surface area (Å²) in [5.74, 6) is 0.159. The fourth-order valence-electron chi connectivity index (χ4n) is 2.92. The molecule has 1 aromatic rings. The maximum atomic E-state index is 12.4. The third kappa shape index (κ3) is 3.60. The van der Waals surface area contributed by atoms with Crippen molar-refractivity contribution >= 4 is 5.91 Å². The number of fused-ring (bicyclic) bond motifs is 1. The van der Waals surface area contributed by atoms with E-state index < -0.39 is 0 Å². The van der Waals surface area contributed by atoms with Crippen molar-refractivity contribution in [3.8, 4) is 0 Å². The molecule has 1 aromatic carbocycles. The van der Waals surface area contributed by atoms with Crippen LogP contribution in [0.15, 0.2) is 18.2 Å². The van der Waals surface area contributed by atoms with Gasteiger partial charge in [0.05, 0.1) is 6.42 Å². The fourth-order valence-corrected chi connectivity index (χ4v) is 2.92. The van der Waals surface area contributed by atoms with Crippen LogP contribution in [0.1, 0.15) is 43.4 Å². The first kappa shape index (κ1) is 15.0. The minimum atomic E-state index is 0.134. The molecular formula is C17H25NO2. The molecule has 0 saturated heterocycles. The van der Waals surface area contributed by atoms with Crippen LogP contribution in [0.25, 0.3) is 0 Å². The summed E-state index contributed by atoms with van der Waals surface area (Å²) in [5.41, 5.74) is 3.98. The number of amides is 1. The zero-order valence-corrected chi connectivity index (χ0v) is 12.6. The number of carbonyl (C=O) groups is 1. The summed E-state index contributed by atoms with van der Waals surface area (Å²) in [4.78, 5) is 14.3. The molecule has 3 heteroatoms. The Hall–Kier alpha value is -1.35. The van der Waals surface area contributed by atoms with Gasteiger partial charge >= 0.3 is 0 Å². The van der Waals surface area contributed by atoms with Gasteiger partial charge in [0.25, 0.3) is 0 Å². The van der Waals surface area contributed by atoms with E-state index in [0.717, 1.165) is 12.0 Å². The van der Waals surface area contributed by atoms with Crippen molar-refractivity contribution in [3.63, 3.8) is 0 Å². The van der Waals surface area contributed by atoms with E-state index in [9.17, 15) is 4.79 Å². The first-order valence-corrected chi connectivity index (χ1v) is 7.63. The highest BCUT2D eigenvalue weighted by molar-refractivity contribution is 5.79. The van der Waals surface area contributed by atoms with Crippen LogP contribution < -0.4 is 0 Å². The van der Waals surface area contributed by atoms with Crippen LogP contribution in [0, 0.1) is 0 Å². The average Bonchev–Trinajstić information content (AvgIpc) is 2.86. The first-order valence-electron chi connectivity index (χ1n) is 7.63. The molecule has 110 valence electrons. The van der Waals surface area contributed by atoms with Crippen molar-refractivity contribution in [3.05, 3.63) is 34.9 Å². The molecular weight excluding hydrogens is 250 g/mol. The Morgan fingerprint density at radius 1 is 1.30 bits per heavy atom. The summed E-state index contributed by atoms with van der Waals surface area (Å²) < 4.78 is 0. The van der Waals surface area contributed by atoms with E-state index in [-0.39, 0.29) is 18.6 Å². The number of hydrogen-bond acceptors (Lipinski definition) is 2. The van der Waals surface area contributed by atoms with Gasteiger partial charge in [-0.25, -0.2) is 0 Å². The molecule has 1 N–H and O–H groups in total. The van der Waals surface area contributed by atoms with Gasteiger partial charge in [-0.15, -0.1) is 0 Å². The number of aryl methyl sites for hydroxylation is 2. The van der Waals surface area contributed by atoms with Crippen LogP contribution in [-0.4, -0.2) is 35.1 Å². The van der Waals surface area contributed by atoms with Crippen LogP contribution in [-0.2, 0) is 24.1 Å². The van der Waals surface area contributed by atoms with Gasteiger partial charge in [0.2, 0.25) is 5.91 Å². The van der Waals surface area contributed by atoms with Crippen LogP contribution in [0.4, 0.5) is 0 Å². The largest absolute Gasteiger partial charge is 0.396 e. The van der Waals surface area contributed by atoms with Crippen LogP contribution in [0.3, 0.4) is 0 Å². The molecule has 0 atom stereocenters. The average molecular weight is 275 g/mol. The van der Waals surface area contributed by atoms with Crippen molar-refractivity contribution in [1.82, 2.24) is 4.90 Å². The quantitative estimate of drug-likeness (QED) is 0.865. The first-order chi connectivity index (χ1) is 9.61. The van der Waals surface area contributed by atoms with Gasteiger partial charge in [0, 0.05) is 19.2 Å². The molecule has 0 bridgehead atoms. The summed E-state index contributed by atoms with van der Waals surface area (Å²) in [6.07, 6.45) is 4.68. The summed E-state index contributed by atoms with van der Waals surface area (Å²) in [5, 5.41) is 8.94. The van der Waals surface area contributed by atoms with E-state index in [0.29, 0.717) is 19.4 Å². The lowest BCUT2D eigenvalue weighted by Crippen LogP contribution is -2.39. The molecule has 2 rings (SSSR count). The molecule has 0 unspecified atom stereocenters. The number of nitrogens with zero attached hydrogens (tertiary/aromatic N) is 1. The Morgan fingerprint density at radius 2 is 2.05 bits per heavy atom. The third-order valence-corrected chi connectivity index (χ3v) is 4.02. The number of carbonyl (C=O) groups excluding carboxylic acids is 1. The monoisotopic (exact) mass is 275 g/mol. The smallest absolute Gasteiger partial charge is 0.227 e. The fraction of sp³-hybridized carbons (Fsp3) is 0.588. The molecule has 0 fully saturated rings. The number of aliphatic hydroxyl groups is 1. The Morgan fingerprint density at radius 3 is 2.75 bits per heavy atom. The van der Waals surface area contributed by atoms with Crippen LogP contribution >= 0.6 is 0 Å².